The molecule has 1 aromatic carbocycles. The number of hydrogen-bond donors (Lipinski definition) is 2. The van der Waals surface area contributed by atoms with Gasteiger partial charge in [-0.05, 0) is 48.1 Å². The molecule has 2 aromatic rings. The molecule has 0 bridgehead atoms. The first-order chi connectivity index (χ1) is 11.0. The number of fused-ring (bicyclic) bond motifs is 1. The Labute approximate surface area is 135 Å². The van der Waals surface area contributed by atoms with Crippen LogP contribution in [0.3, 0.4) is 0 Å². The number of nitrogens with two attached hydrogens (primary N) is 1. The zero-order chi connectivity index (χ0) is 16.1. The Balaban J connectivity index is 1.70. The normalized spacial score (nSPS) is 29.3. The van der Waals surface area contributed by atoms with Gasteiger partial charge in [-0.1, -0.05) is 13.0 Å². The topological polar surface area (TPSA) is 55.3 Å². The maximum atomic E-state index is 14.3. The number of guanidine groups is 1. The second-order valence-corrected chi connectivity index (χ2v) is 6.70. The third kappa shape index (κ3) is 2.22. The molecule has 4 nitrogen and oxygen atoms in total. The van der Waals surface area contributed by atoms with E-state index in [0.29, 0.717) is 29.4 Å². The molecule has 0 amide bonds. The molecule has 4 atom stereocenters. The fourth-order valence-electron chi connectivity index (χ4n) is 4.12. The van der Waals surface area contributed by atoms with Crippen molar-refractivity contribution < 1.29 is 4.39 Å². The summed E-state index contributed by atoms with van der Waals surface area (Å²) in [7, 11) is 1.94. The molecule has 2 aliphatic rings. The number of aliphatic imine (C=N–C) groups is 1. The molecule has 0 radical (unpaired) electrons. The number of aromatic nitrogens is 1. The van der Waals surface area contributed by atoms with Crippen molar-refractivity contribution in [3.63, 3.8) is 0 Å². The van der Waals surface area contributed by atoms with Crippen LogP contribution in [0, 0.1) is 11.7 Å². The van der Waals surface area contributed by atoms with Gasteiger partial charge in [-0.25, -0.2) is 9.38 Å². The van der Waals surface area contributed by atoms with Gasteiger partial charge >= 0.3 is 0 Å². The van der Waals surface area contributed by atoms with Crippen molar-refractivity contribution in [2.24, 2.45) is 23.7 Å². The lowest BCUT2D eigenvalue weighted by atomic mass is 9.87. The summed E-state index contributed by atoms with van der Waals surface area (Å²) in [6, 6.07) is 9.91. The molecule has 2 unspecified atom stereocenters. The van der Waals surface area contributed by atoms with Gasteiger partial charge in [0.1, 0.15) is 5.82 Å². The molecule has 2 heterocycles. The monoisotopic (exact) mass is 312 g/mol. The first-order valence-electron chi connectivity index (χ1n) is 8.05. The Kier molecular flexibility index (Phi) is 3.18. The minimum atomic E-state index is -0.179. The van der Waals surface area contributed by atoms with E-state index in [9.17, 15) is 4.39 Å². The highest BCUT2D eigenvalue weighted by atomic mass is 19.1. The summed E-state index contributed by atoms with van der Waals surface area (Å²) in [4.78, 5) is 4.52. The summed E-state index contributed by atoms with van der Waals surface area (Å²) in [5, 5.41) is 3.26. The van der Waals surface area contributed by atoms with E-state index in [1.807, 2.05) is 42.1 Å². The fourth-order valence-corrected chi connectivity index (χ4v) is 4.12. The van der Waals surface area contributed by atoms with E-state index in [-0.39, 0.29) is 11.9 Å². The summed E-state index contributed by atoms with van der Waals surface area (Å²) in [5.41, 5.74) is 8.52. The molecular formula is C18H21FN4. The summed E-state index contributed by atoms with van der Waals surface area (Å²) in [5.74, 6) is 1.13. The second kappa shape index (κ2) is 5.11. The van der Waals surface area contributed by atoms with Crippen LogP contribution >= 0.6 is 0 Å². The maximum absolute atomic E-state index is 14.3. The summed E-state index contributed by atoms with van der Waals surface area (Å²) >= 11 is 0. The Bertz CT molecular complexity index is 779. The first kappa shape index (κ1) is 14.3. The number of nitrogens with zero attached hydrogens (tertiary/aromatic N) is 2. The zero-order valence-corrected chi connectivity index (χ0v) is 13.3. The van der Waals surface area contributed by atoms with Crippen molar-refractivity contribution in [2.45, 2.75) is 31.3 Å². The predicted molar refractivity (Wildman–Crippen MR) is 89.7 cm³/mol. The lowest BCUT2D eigenvalue weighted by Crippen LogP contribution is -2.35. The number of rotatable bonds is 2. The van der Waals surface area contributed by atoms with Crippen LogP contribution in [0.2, 0.25) is 0 Å². The predicted octanol–water partition coefficient (Wildman–Crippen LogP) is 2.61. The number of benzene rings is 1. The summed E-state index contributed by atoms with van der Waals surface area (Å²) in [6.45, 7) is 2.21. The summed E-state index contributed by atoms with van der Waals surface area (Å²) in [6.07, 6.45) is 2.92. The number of nitrogens with one attached hydrogen (secondary N) is 1. The van der Waals surface area contributed by atoms with Crippen LogP contribution in [0.4, 0.5) is 4.39 Å². The molecule has 1 saturated carbocycles. The lowest BCUT2D eigenvalue weighted by Gasteiger charge is -2.19. The molecule has 1 fully saturated rings. The van der Waals surface area contributed by atoms with Gasteiger partial charge < -0.3 is 15.6 Å². The average molecular weight is 312 g/mol. The van der Waals surface area contributed by atoms with E-state index < -0.39 is 0 Å². The highest BCUT2D eigenvalue weighted by Gasteiger charge is 2.44. The molecular weight excluding hydrogens is 291 g/mol. The average Bonchev–Trinajstić information content (AvgIpc) is 3.17. The maximum Gasteiger partial charge on any atom is 0.189 e. The van der Waals surface area contributed by atoms with Gasteiger partial charge in [0.2, 0.25) is 0 Å². The van der Waals surface area contributed by atoms with E-state index >= 15 is 0 Å². The molecule has 0 spiro atoms. The number of aryl methyl sites for hydroxylation is 1. The van der Waals surface area contributed by atoms with Crippen LogP contribution in [0.15, 0.2) is 41.5 Å². The van der Waals surface area contributed by atoms with Crippen LogP contribution in [0.25, 0.3) is 11.3 Å². The van der Waals surface area contributed by atoms with Crippen molar-refractivity contribution in [2.75, 3.05) is 0 Å². The Morgan fingerprint density at radius 3 is 2.87 bits per heavy atom. The van der Waals surface area contributed by atoms with Gasteiger partial charge in [0, 0.05) is 18.8 Å². The van der Waals surface area contributed by atoms with Crippen LogP contribution in [0.5, 0.6) is 0 Å². The third-order valence-electron chi connectivity index (χ3n) is 5.35. The van der Waals surface area contributed by atoms with Gasteiger partial charge in [-0.15, -0.1) is 0 Å². The van der Waals surface area contributed by atoms with Gasteiger partial charge in [0.25, 0.3) is 0 Å². The van der Waals surface area contributed by atoms with E-state index in [1.165, 1.54) is 5.56 Å². The van der Waals surface area contributed by atoms with Crippen molar-refractivity contribution in [3.05, 3.63) is 47.9 Å². The van der Waals surface area contributed by atoms with Gasteiger partial charge in [0.05, 0.1) is 17.8 Å². The minimum Gasteiger partial charge on any atom is -0.370 e. The molecule has 5 heteroatoms. The number of halogens is 1. The smallest absolute Gasteiger partial charge is 0.189 e. The van der Waals surface area contributed by atoms with E-state index in [4.69, 9.17) is 5.73 Å². The molecule has 1 aromatic heterocycles. The Morgan fingerprint density at radius 2 is 2.17 bits per heavy atom. The van der Waals surface area contributed by atoms with Gasteiger partial charge in [-0.3, -0.25) is 0 Å². The molecule has 23 heavy (non-hydrogen) atoms. The van der Waals surface area contributed by atoms with Crippen molar-refractivity contribution >= 4 is 5.96 Å². The van der Waals surface area contributed by atoms with Gasteiger partial charge in [0.15, 0.2) is 5.96 Å². The largest absolute Gasteiger partial charge is 0.370 e. The van der Waals surface area contributed by atoms with Crippen molar-refractivity contribution in [1.82, 2.24) is 9.88 Å². The van der Waals surface area contributed by atoms with Crippen molar-refractivity contribution in [3.8, 4) is 11.3 Å². The standard InChI is InChI=1S/C18H21FN4/c1-10-12(9-15-17(10)22-18(20)21-15)11-5-6-14(19)13(8-11)16-4-3-7-23(16)2/h3-8,10,12,15,17H,9H2,1-2H3,(H3,20,21,22)/t10-,12-,15?,17?/m0/s1. The second-order valence-electron chi connectivity index (χ2n) is 6.70. The highest BCUT2D eigenvalue weighted by Crippen LogP contribution is 2.43. The SMILES string of the molecule is C[C@@H]1C2N=C(N)NC2C[C@@H]1c1ccc(F)c(-c2cccn2C)c1. The first-order valence-corrected chi connectivity index (χ1v) is 8.05. The van der Waals surface area contributed by atoms with E-state index in [2.05, 4.69) is 17.2 Å². The highest BCUT2D eigenvalue weighted by molar-refractivity contribution is 5.80. The lowest BCUT2D eigenvalue weighted by molar-refractivity contribution is 0.475. The third-order valence-corrected chi connectivity index (χ3v) is 5.35. The molecule has 1 aliphatic heterocycles. The van der Waals surface area contributed by atoms with Gasteiger partial charge in [-0.2, -0.15) is 0 Å². The number of hydrogen-bond acceptors (Lipinski definition) is 3. The van der Waals surface area contributed by atoms with Crippen LogP contribution in [-0.2, 0) is 7.05 Å². The summed E-state index contributed by atoms with van der Waals surface area (Å²) < 4.78 is 16.3. The quantitative estimate of drug-likeness (QED) is 0.895. The Hall–Kier alpha value is -2.30. The van der Waals surface area contributed by atoms with E-state index in [1.54, 1.807) is 6.07 Å². The Morgan fingerprint density at radius 1 is 1.35 bits per heavy atom. The van der Waals surface area contributed by atoms with Crippen molar-refractivity contribution in [1.29, 1.82) is 0 Å². The molecule has 0 saturated heterocycles. The van der Waals surface area contributed by atoms with Crippen LogP contribution in [-0.4, -0.2) is 22.6 Å². The molecule has 3 N–H and O–H groups in total. The molecule has 4 rings (SSSR count). The van der Waals surface area contributed by atoms with Crippen LogP contribution < -0.4 is 11.1 Å². The van der Waals surface area contributed by atoms with E-state index in [0.717, 1.165) is 12.1 Å². The zero-order valence-electron chi connectivity index (χ0n) is 13.3. The molecule has 120 valence electrons. The minimum absolute atomic E-state index is 0.179. The fraction of sp³-hybridized carbons (Fsp3) is 0.389. The molecule has 1 aliphatic carbocycles. The van der Waals surface area contributed by atoms with Crippen LogP contribution in [0.1, 0.15) is 24.8 Å².